The SMILES string of the molecule is Cc1ccc(Cc2c(=O)[nH]n3c(=O)c4c([nH]c23)CCC4)o1. The fourth-order valence-corrected chi connectivity index (χ4v) is 3.07. The minimum Gasteiger partial charge on any atom is -0.466 e. The van der Waals surface area contributed by atoms with Crippen LogP contribution in [-0.4, -0.2) is 14.6 Å². The first-order valence-corrected chi connectivity index (χ1v) is 7.06. The molecule has 21 heavy (non-hydrogen) atoms. The van der Waals surface area contributed by atoms with E-state index >= 15 is 0 Å². The highest BCUT2D eigenvalue weighted by Gasteiger charge is 2.21. The van der Waals surface area contributed by atoms with Crippen molar-refractivity contribution < 1.29 is 4.42 Å². The van der Waals surface area contributed by atoms with E-state index in [4.69, 9.17) is 4.42 Å². The molecule has 0 spiro atoms. The predicted molar refractivity (Wildman–Crippen MR) is 76.9 cm³/mol. The third kappa shape index (κ3) is 1.79. The highest BCUT2D eigenvalue weighted by Crippen LogP contribution is 2.19. The highest BCUT2D eigenvalue weighted by atomic mass is 16.3. The van der Waals surface area contributed by atoms with E-state index in [1.807, 2.05) is 19.1 Å². The van der Waals surface area contributed by atoms with Crippen LogP contribution in [0.25, 0.3) is 5.65 Å². The number of hydrogen-bond donors (Lipinski definition) is 2. The predicted octanol–water partition coefficient (Wildman–Crippen LogP) is 1.30. The standard InChI is InChI=1S/C15H15N3O3/c1-8-5-6-9(21-8)7-11-13-16-12-4-2-3-10(12)15(20)18(13)17-14(11)19/h5-6,16H,2-4,7H2,1H3,(H,17,19). The first-order chi connectivity index (χ1) is 10.1. The summed E-state index contributed by atoms with van der Waals surface area (Å²) in [5.74, 6) is 1.52. The highest BCUT2D eigenvalue weighted by molar-refractivity contribution is 5.50. The summed E-state index contributed by atoms with van der Waals surface area (Å²) >= 11 is 0. The zero-order valence-electron chi connectivity index (χ0n) is 11.7. The normalized spacial score (nSPS) is 14.0. The van der Waals surface area contributed by atoms with Gasteiger partial charge >= 0.3 is 0 Å². The van der Waals surface area contributed by atoms with Crippen LogP contribution in [0.1, 0.15) is 34.8 Å². The Kier molecular flexibility index (Phi) is 2.48. The molecule has 0 saturated heterocycles. The Balaban J connectivity index is 1.93. The van der Waals surface area contributed by atoms with Crippen LogP contribution >= 0.6 is 0 Å². The fourth-order valence-electron chi connectivity index (χ4n) is 3.07. The zero-order valence-corrected chi connectivity index (χ0v) is 11.7. The summed E-state index contributed by atoms with van der Waals surface area (Å²) < 4.78 is 6.86. The maximum atomic E-state index is 12.4. The number of rotatable bonds is 2. The van der Waals surface area contributed by atoms with E-state index in [1.54, 1.807) is 0 Å². The lowest BCUT2D eigenvalue weighted by atomic mass is 10.2. The van der Waals surface area contributed by atoms with Gasteiger partial charge in [0.05, 0.1) is 5.56 Å². The third-order valence-electron chi connectivity index (χ3n) is 4.09. The van der Waals surface area contributed by atoms with E-state index in [1.165, 1.54) is 4.52 Å². The van der Waals surface area contributed by atoms with Crippen LogP contribution in [0.5, 0.6) is 0 Å². The van der Waals surface area contributed by atoms with E-state index in [9.17, 15) is 9.59 Å². The van der Waals surface area contributed by atoms with E-state index < -0.39 is 0 Å². The molecule has 3 heterocycles. The second-order valence-corrected chi connectivity index (χ2v) is 5.53. The van der Waals surface area contributed by atoms with Gasteiger partial charge in [-0.2, -0.15) is 4.52 Å². The summed E-state index contributed by atoms with van der Waals surface area (Å²) in [6, 6.07) is 3.71. The maximum absolute atomic E-state index is 12.4. The van der Waals surface area contributed by atoms with Crippen molar-refractivity contribution in [3.8, 4) is 0 Å². The summed E-state index contributed by atoms with van der Waals surface area (Å²) in [6.45, 7) is 1.86. The molecule has 6 heteroatoms. The van der Waals surface area contributed by atoms with Gasteiger partial charge in [-0.1, -0.05) is 0 Å². The molecule has 0 atom stereocenters. The molecule has 0 unspecified atom stereocenters. The van der Waals surface area contributed by atoms with Gasteiger partial charge in [0, 0.05) is 17.7 Å². The zero-order chi connectivity index (χ0) is 14.6. The monoisotopic (exact) mass is 285 g/mol. The number of furan rings is 1. The van der Waals surface area contributed by atoms with Crippen LogP contribution in [0, 0.1) is 6.92 Å². The average Bonchev–Trinajstić information content (AvgIpc) is 3.13. The lowest BCUT2D eigenvalue weighted by Crippen LogP contribution is -2.21. The largest absolute Gasteiger partial charge is 0.466 e. The van der Waals surface area contributed by atoms with Crippen molar-refractivity contribution in [2.45, 2.75) is 32.6 Å². The molecule has 0 fully saturated rings. The van der Waals surface area contributed by atoms with Crippen LogP contribution in [0.15, 0.2) is 26.1 Å². The van der Waals surface area contributed by atoms with Crippen molar-refractivity contribution in [3.05, 3.63) is 61.2 Å². The van der Waals surface area contributed by atoms with Crippen LogP contribution in [-0.2, 0) is 19.3 Å². The van der Waals surface area contributed by atoms with Crippen molar-refractivity contribution in [2.75, 3.05) is 0 Å². The van der Waals surface area contributed by atoms with Crippen molar-refractivity contribution in [1.29, 1.82) is 0 Å². The van der Waals surface area contributed by atoms with Gasteiger partial charge in [-0.15, -0.1) is 0 Å². The Morgan fingerprint density at radius 3 is 2.90 bits per heavy atom. The number of aromatic nitrogens is 3. The summed E-state index contributed by atoms with van der Waals surface area (Å²) in [7, 11) is 0. The lowest BCUT2D eigenvalue weighted by Gasteiger charge is -2.02. The van der Waals surface area contributed by atoms with Crippen molar-refractivity contribution in [2.24, 2.45) is 0 Å². The van der Waals surface area contributed by atoms with Gasteiger partial charge in [-0.05, 0) is 38.3 Å². The summed E-state index contributed by atoms with van der Waals surface area (Å²) in [6.07, 6.45) is 2.98. The van der Waals surface area contributed by atoms with Crippen LogP contribution in [0.4, 0.5) is 0 Å². The van der Waals surface area contributed by atoms with Gasteiger partial charge in [0.15, 0.2) is 0 Å². The molecular weight excluding hydrogens is 270 g/mol. The smallest absolute Gasteiger partial charge is 0.276 e. The number of nitrogens with one attached hydrogen (secondary N) is 2. The molecular formula is C15H15N3O3. The van der Waals surface area contributed by atoms with Gasteiger partial charge in [0.25, 0.3) is 11.1 Å². The molecule has 3 aromatic rings. The molecule has 1 aliphatic rings. The van der Waals surface area contributed by atoms with Gasteiger partial charge in [-0.3, -0.25) is 14.7 Å². The number of nitrogens with zero attached hydrogens (tertiary/aromatic N) is 1. The average molecular weight is 285 g/mol. The minimum absolute atomic E-state index is 0.116. The third-order valence-corrected chi connectivity index (χ3v) is 4.09. The van der Waals surface area contributed by atoms with Crippen molar-refractivity contribution in [1.82, 2.24) is 14.6 Å². The molecule has 1 aliphatic carbocycles. The van der Waals surface area contributed by atoms with E-state index in [0.717, 1.165) is 36.3 Å². The number of aryl methyl sites for hydroxylation is 2. The maximum Gasteiger partial charge on any atom is 0.276 e. The molecule has 0 aromatic carbocycles. The van der Waals surface area contributed by atoms with Gasteiger partial charge < -0.3 is 9.40 Å². The minimum atomic E-state index is -0.249. The van der Waals surface area contributed by atoms with Crippen molar-refractivity contribution in [3.63, 3.8) is 0 Å². The quantitative estimate of drug-likeness (QED) is 0.744. The Bertz CT molecular complexity index is 955. The van der Waals surface area contributed by atoms with Crippen LogP contribution < -0.4 is 11.1 Å². The summed E-state index contributed by atoms with van der Waals surface area (Å²) in [5, 5.41) is 2.63. The Labute approximate surface area is 119 Å². The van der Waals surface area contributed by atoms with Gasteiger partial charge in [-0.25, -0.2) is 0 Å². The van der Waals surface area contributed by atoms with Crippen LogP contribution in [0.2, 0.25) is 0 Å². The first kappa shape index (κ1) is 12.3. The van der Waals surface area contributed by atoms with E-state index in [-0.39, 0.29) is 11.1 Å². The Hall–Kier alpha value is -2.50. The Morgan fingerprint density at radius 2 is 2.14 bits per heavy atom. The van der Waals surface area contributed by atoms with Crippen molar-refractivity contribution >= 4 is 5.65 Å². The second-order valence-electron chi connectivity index (χ2n) is 5.53. The molecule has 6 nitrogen and oxygen atoms in total. The molecule has 0 bridgehead atoms. The molecule has 4 rings (SSSR count). The summed E-state index contributed by atoms with van der Waals surface area (Å²) in [4.78, 5) is 27.8. The molecule has 0 radical (unpaired) electrons. The number of fused-ring (bicyclic) bond motifs is 2. The molecule has 0 saturated carbocycles. The first-order valence-electron chi connectivity index (χ1n) is 7.06. The van der Waals surface area contributed by atoms with Gasteiger partial charge in [0.2, 0.25) is 0 Å². The molecule has 0 aliphatic heterocycles. The molecule has 2 N–H and O–H groups in total. The number of aromatic amines is 2. The molecule has 3 aromatic heterocycles. The fraction of sp³-hybridized carbons (Fsp3) is 0.333. The number of H-pyrrole nitrogens is 2. The van der Waals surface area contributed by atoms with Gasteiger partial charge in [0.1, 0.15) is 17.2 Å². The second kappa shape index (κ2) is 4.25. The lowest BCUT2D eigenvalue weighted by molar-refractivity contribution is 0.493. The summed E-state index contributed by atoms with van der Waals surface area (Å²) in [5.41, 5.74) is 2.47. The molecule has 0 amide bonds. The number of hydrogen-bond acceptors (Lipinski definition) is 3. The van der Waals surface area contributed by atoms with E-state index in [0.29, 0.717) is 23.4 Å². The van der Waals surface area contributed by atoms with Crippen LogP contribution in [0.3, 0.4) is 0 Å². The molecule has 108 valence electrons. The van der Waals surface area contributed by atoms with E-state index in [2.05, 4.69) is 10.1 Å². The Morgan fingerprint density at radius 1 is 1.29 bits per heavy atom. The topological polar surface area (TPSA) is 83.3 Å².